The highest BCUT2D eigenvalue weighted by Crippen LogP contribution is 2.22. The van der Waals surface area contributed by atoms with Gasteiger partial charge in [-0.3, -0.25) is 9.52 Å². The maximum absolute atomic E-state index is 12.7. The molecule has 0 radical (unpaired) electrons. The first-order valence-corrected chi connectivity index (χ1v) is 12.2. The second kappa shape index (κ2) is 10.9. The predicted octanol–water partition coefficient (Wildman–Crippen LogP) is 4.25. The van der Waals surface area contributed by atoms with Crippen LogP contribution in [-0.2, 0) is 26.0 Å². The fourth-order valence-corrected chi connectivity index (χ4v) is 4.67. The van der Waals surface area contributed by atoms with E-state index in [1.54, 1.807) is 25.3 Å². The second-order valence-corrected chi connectivity index (χ2v) is 9.65. The Morgan fingerprint density at radius 1 is 1.03 bits per heavy atom. The monoisotopic (exact) mass is 504 g/mol. The lowest BCUT2D eigenvalue weighted by Crippen LogP contribution is -2.19. The van der Waals surface area contributed by atoms with Crippen molar-refractivity contribution in [1.29, 1.82) is 0 Å². The fraction of sp³-hybridized carbons (Fsp3) is 0.250. The Kier molecular flexibility index (Phi) is 8.14. The molecule has 0 atom stereocenters. The molecule has 0 amide bonds. The van der Waals surface area contributed by atoms with Crippen molar-refractivity contribution in [3.8, 4) is 0 Å². The molecule has 1 aromatic heterocycles. The van der Waals surface area contributed by atoms with Crippen molar-refractivity contribution >= 4 is 39.1 Å². The number of ketones is 1. The number of sulfonamides is 1. The summed E-state index contributed by atoms with van der Waals surface area (Å²) in [6.45, 7) is 4.32. The molecule has 0 unspecified atom stereocenters. The Morgan fingerprint density at radius 3 is 2.38 bits per heavy atom. The van der Waals surface area contributed by atoms with E-state index < -0.39 is 22.6 Å². The van der Waals surface area contributed by atoms with E-state index in [1.807, 2.05) is 18.4 Å². The van der Waals surface area contributed by atoms with Gasteiger partial charge in [-0.05, 0) is 56.3 Å². The molecule has 0 saturated carbocycles. The Balaban J connectivity index is 1.73. The first kappa shape index (κ1) is 25.5. The smallest absolute Gasteiger partial charge is 0.340 e. The van der Waals surface area contributed by atoms with E-state index in [0.717, 1.165) is 11.4 Å². The minimum Gasteiger partial charge on any atom is -0.454 e. The number of carbonyl (C=O) groups excluding carboxylic acids is 2. The van der Waals surface area contributed by atoms with Gasteiger partial charge in [0.25, 0.3) is 10.0 Å². The first-order valence-electron chi connectivity index (χ1n) is 10.4. The van der Waals surface area contributed by atoms with Gasteiger partial charge < -0.3 is 14.0 Å². The molecule has 0 saturated heterocycles. The van der Waals surface area contributed by atoms with Gasteiger partial charge in [-0.2, -0.15) is 0 Å². The van der Waals surface area contributed by atoms with Crippen LogP contribution in [0.25, 0.3) is 0 Å². The summed E-state index contributed by atoms with van der Waals surface area (Å²) in [6.07, 6.45) is 0. The lowest BCUT2D eigenvalue weighted by Gasteiger charge is -2.12. The van der Waals surface area contributed by atoms with Gasteiger partial charge >= 0.3 is 5.97 Å². The van der Waals surface area contributed by atoms with Crippen LogP contribution >= 0.6 is 11.6 Å². The Morgan fingerprint density at radius 2 is 1.71 bits per heavy atom. The summed E-state index contributed by atoms with van der Waals surface area (Å²) < 4.78 is 40.1. The van der Waals surface area contributed by atoms with E-state index in [4.69, 9.17) is 21.1 Å². The molecule has 2 aromatic carbocycles. The molecule has 10 heteroatoms. The van der Waals surface area contributed by atoms with Gasteiger partial charge in [0.05, 0.1) is 22.8 Å². The third-order valence-electron chi connectivity index (χ3n) is 5.24. The van der Waals surface area contributed by atoms with Gasteiger partial charge in [0.1, 0.15) is 0 Å². The van der Waals surface area contributed by atoms with Gasteiger partial charge in [-0.15, -0.1) is 0 Å². The highest BCUT2D eigenvalue weighted by atomic mass is 35.5. The minimum absolute atomic E-state index is 0.0147. The molecular weight excluding hydrogens is 480 g/mol. The van der Waals surface area contributed by atoms with Gasteiger partial charge in [0, 0.05) is 35.6 Å². The van der Waals surface area contributed by atoms with E-state index in [0.29, 0.717) is 23.7 Å². The molecule has 0 spiro atoms. The third-order valence-corrected chi connectivity index (χ3v) is 6.88. The van der Waals surface area contributed by atoms with Gasteiger partial charge in [0.2, 0.25) is 5.78 Å². The average Bonchev–Trinajstić information content (AvgIpc) is 3.09. The molecule has 3 rings (SSSR count). The minimum atomic E-state index is -3.97. The number of nitrogens with zero attached hydrogens (tertiary/aromatic N) is 1. The maximum Gasteiger partial charge on any atom is 0.340 e. The van der Waals surface area contributed by atoms with Crippen molar-refractivity contribution in [3.63, 3.8) is 0 Å². The van der Waals surface area contributed by atoms with Crippen molar-refractivity contribution in [3.05, 3.63) is 82.1 Å². The number of para-hydroxylation sites is 1. The molecule has 180 valence electrons. The van der Waals surface area contributed by atoms with Gasteiger partial charge in [-0.1, -0.05) is 23.7 Å². The summed E-state index contributed by atoms with van der Waals surface area (Å²) in [6, 6.07) is 13.4. The number of benzene rings is 2. The number of Topliss-reactive ketones (excluding diaryl/α,β-unsaturated/α-hetero) is 1. The van der Waals surface area contributed by atoms with Crippen LogP contribution in [0, 0.1) is 13.8 Å². The number of hydrogen-bond donors (Lipinski definition) is 1. The van der Waals surface area contributed by atoms with Crippen LogP contribution in [0.2, 0.25) is 5.02 Å². The van der Waals surface area contributed by atoms with Crippen molar-refractivity contribution in [2.45, 2.75) is 25.3 Å². The molecule has 0 bridgehead atoms. The zero-order valence-electron chi connectivity index (χ0n) is 19.0. The quantitative estimate of drug-likeness (QED) is 0.327. The standard InChI is InChI=1S/C24H25ClN2O6S/c1-16-14-21(17(2)27(16)12-13-32-3)23(28)15-33-24(29)20-6-4-5-7-22(20)26-34(30,31)19-10-8-18(25)9-11-19/h4-11,14,26H,12-13,15H2,1-3H3. The Labute approximate surface area is 203 Å². The van der Waals surface area contributed by atoms with Crippen molar-refractivity contribution in [1.82, 2.24) is 4.57 Å². The number of halogens is 1. The maximum atomic E-state index is 12.7. The van der Waals surface area contributed by atoms with Gasteiger partial charge in [-0.25, -0.2) is 13.2 Å². The number of rotatable bonds is 10. The zero-order valence-corrected chi connectivity index (χ0v) is 20.6. The van der Waals surface area contributed by atoms with Crippen LogP contribution in [-0.4, -0.2) is 45.1 Å². The largest absolute Gasteiger partial charge is 0.454 e. The molecule has 0 aliphatic heterocycles. The molecule has 1 N–H and O–H groups in total. The van der Waals surface area contributed by atoms with Crippen LogP contribution in [0.3, 0.4) is 0 Å². The summed E-state index contributed by atoms with van der Waals surface area (Å²) in [5.41, 5.74) is 2.13. The van der Waals surface area contributed by atoms with Crippen molar-refractivity contribution in [2.75, 3.05) is 25.0 Å². The number of esters is 1. The van der Waals surface area contributed by atoms with E-state index in [2.05, 4.69) is 4.72 Å². The van der Waals surface area contributed by atoms with E-state index >= 15 is 0 Å². The molecule has 34 heavy (non-hydrogen) atoms. The van der Waals surface area contributed by atoms with Crippen LogP contribution in [0.15, 0.2) is 59.5 Å². The molecule has 3 aromatic rings. The first-order chi connectivity index (χ1) is 16.1. The SMILES string of the molecule is COCCn1c(C)cc(C(=O)COC(=O)c2ccccc2NS(=O)(=O)c2ccc(Cl)cc2)c1C. The summed E-state index contributed by atoms with van der Waals surface area (Å²) in [4.78, 5) is 25.4. The van der Waals surface area contributed by atoms with E-state index in [1.165, 1.54) is 36.4 Å². The third kappa shape index (κ3) is 5.85. The number of hydrogen-bond acceptors (Lipinski definition) is 6. The highest BCUT2D eigenvalue weighted by molar-refractivity contribution is 7.92. The number of ether oxygens (including phenoxy) is 2. The van der Waals surface area contributed by atoms with E-state index in [-0.39, 0.29) is 21.9 Å². The van der Waals surface area contributed by atoms with Crippen LogP contribution in [0.5, 0.6) is 0 Å². The number of carbonyl (C=O) groups is 2. The Bertz CT molecular complexity index is 1300. The van der Waals surface area contributed by atoms with E-state index in [9.17, 15) is 18.0 Å². The van der Waals surface area contributed by atoms with Crippen molar-refractivity contribution < 1.29 is 27.5 Å². The lowest BCUT2D eigenvalue weighted by molar-refractivity contribution is 0.0475. The molecule has 0 aliphatic carbocycles. The number of anilines is 1. The summed E-state index contributed by atoms with van der Waals surface area (Å²) in [7, 11) is -2.37. The number of methoxy groups -OCH3 is 1. The molecule has 1 heterocycles. The normalized spacial score (nSPS) is 11.3. The molecule has 8 nitrogen and oxygen atoms in total. The van der Waals surface area contributed by atoms with Crippen molar-refractivity contribution in [2.24, 2.45) is 0 Å². The molecular formula is C24H25ClN2O6S. The topological polar surface area (TPSA) is 104 Å². The summed E-state index contributed by atoms with van der Waals surface area (Å²) in [5, 5.41) is 0.395. The molecule has 0 fully saturated rings. The number of aryl methyl sites for hydroxylation is 1. The fourth-order valence-electron chi connectivity index (χ4n) is 3.46. The number of nitrogens with one attached hydrogen (secondary N) is 1. The van der Waals surface area contributed by atoms with Crippen LogP contribution < -0.4 is 4.72 Å². The Hall–Kier alpha value is -3.14. The number of aromatic nitrogens is 1. The summed E-state index contributed by atoms with van der Waals surface area (Å²) in [5.74, 6) is -1.18. The van der Waals surface area contributed by atoms with Crippen LogP contribution in [0.4, 0.5) is 5.69 Å². The highest BCUT2D eigenvalue weighted by Gasteiger charge is 2.21. The van der Waals surface area contributed by atoms with Crippen LogP contribution in [0.1, 0.15) is 32.1 Å². The predicted molar refractivity (Wildman–Crippen MR) is 129 cm³/mol. The molecule has 0 aliphatic rings. The second-order valence-electron chi connectivity index (χ2n) is 7.53. The zero-order chi connectivity index (χ0) is 24.9. The average molecular weight is 505 g/mol. The van der Waals surface area contributed by atoms with Gasteiger partial charge in [0.15, 0.2) is 6.61 Å². The lowest BCUT2D eigenvalue weighted by atomic mass is 10.1. The summed E-state index contributed by atoms with van der Waals surface area (Å²) >= 11 is 5.82.